The Hall–Kier alpha value is -2.02. The summed E-state index contributed by atoms with van der Waals surface area (Å²) < 4.78 is 10.6. The third kappa shape index (κ3) is 1.91. The summed E-state index contributed by atoms with van der Waals surface area (Å²) in [5, 5.41) is 1.15. The van der Waals surface area contributed by atoms with Gasteiger partial charge in [0.1, 0.15) is 6.04 Å². The van der Waals surface area contributed by atoms with E-state index >= 15 is 0 Å². The molecule has 0 N–H and O–H groups in total. The summed E-state index contributed by atoms with van der Waals surface area (Å²) in [6.45, 7) is 0. The molecule has 6 nitrogen and oxygen atoms in total. The van der Waals surface area contributed by atoms with Gasteiger partial charge >= 0.3 is 0 Å². The molecule has 2 atom stereocenters. The van der Waals surface area contributed by atoms with Crippen LogP contribution in [0.2, 0.25) is 0 Å². The van der Waals surface area contributed by atoms with Gasteiger partial charge in [0.25, 0.3) is 11.7 Å². The van der Waals surface area contributed by atoms with Crippen molar-refractivity contribution >= 4 is 11.7 Å². The summed E-state index contributed by atoms with van der Waals surface area (Å²) in [7, 11) is 2.75. The van der Waals surface area contributed by atoms with E-state index in [2.05, 4.69) is 0 Å². The van der Waals surface area contributed by atoms with Crippen LogP contribution in [0.4, 0.5) is 0 Å². The molecule has 0 radical (unpaired) electrons. The van der Waals surface area contributed by atoms with Gasteiger partial charge in [0.2, 0.25) is 5.78 Å². The number of ketones is 1. The molecule has 0 aromatic heterocycles. The van der Waals surface area contributed by atoms with Crippen LogP contribution in [0.1, 0.15) is 10.4 Å². The highest BCUT2D eigenvalue weighted by atomic mass is 16.7. The lowest BCUT2D eigenvalue weighted by molar-refractivity contribution is -0.302. The zero-order valence-corrected chi connectivity index (χ0v) is 11.7. The summed E-state index contributed by atoms with van der Waals surface area (Å²) in [4.78, 5) is 30.3. The fourth-order valence-corrected chi connectivity index (χ4v) is 2.68. The third-order valence-electron chi connectivity index (χ3n) is 3.77. The van der Waals surface area contributed by atoms with Crippen LogP contribution in [0, 0.1) is 0 Å². The number of fused-ring (bicyclic) bond motifs is 2. The average Bonchev–Trinajstić information content (AvgIpc) is 2.56. The number of hydroxylamine groups is 2. The molecular weight excluding hydrogens is 274 g/mol. The Morgan fingerprint density at radius 2 is 1.86 bits per heavy atom. The molecular formula is C15H15NO5. The van der Waals surface area contributed by atoms with Crippen LogP contribution in [-0.2, 0) is 19.1 Å². The summed E-state index contributed by atoms with van der Waals surface area (Å²) in [5.74, 6) is -2.22. The van der Waals surface area contributed by atoms with E-state index in [-0.39, 0.29) is 11.7 Å². The molecule has 2 heterocycles. The van der Waals surface area contributed by atoms with Crippen LogP contribution < -0.4 is 0 Å². The van der Waals surface area contributed by atoms with E-state index < -0.39 is 17.9 Å². The first kappa shape index (κ1) is 13.9. The minimum absolute atomic E-state index is 0.346. The molecule has 1 saturated heterocycles. The van der Waals surface area contributed by atoms with E-state index in [9.17, 15) is 9.59 Å². The first-order valence-electron chi connectivity index (χ1n) is 6.52. The van der Waals surface area contributed by atoms with Crippen LogP contribution in [-0.4, -0.2) is 48.9 Å². The van der Waals surface area contributed by atoms with Gasteiger partial charge in [0.05, 0.1) is 0 Å². The number of nitrogens with zero attached hydrogens (tertiary/aromatic N) is 1. The maximum absolute atomic E-state index is 12.6. The Morgan fingerprint density at radius 1 is 1.19 bits per heavy atom. The zero-order valence-electron chi connectivity index (χ0n) is 11.7. The number of methoxy groups -OCH3 is 2. The number of hydrogen-bond donors (Lipinski definition) is 0. The van der Waals surface area contributed by atoms with E-state index in [4.69, 9.17) is 14.3 Å². The van der Waals surface area contributed by atoms with Crippen LogP contribution >= 0.6 is 0 Å². The van der Waals surface area contributed by atoms with Crippen molar-refractivity contribution in [3.05, 3.63) is 48.0 Å². The van der Waals surface area contributed by atoms with E-state index in [1.54, 1.807) is 36.4 Å². The van der Waals surface area contributed by atoms with Gasteiger partial charge in [-0.05, 0) is 18.2 Å². The van der Waals surface area contributed by atoms with Crippen molar-refractivity contribution in [1.29, 1.82) is 0 Å². The van der Waals surface area contributed by atoms with Crippen LogP contribution in [0.25, 0.3) is 0 Å². The van der Waals surface area contributed by atoms with Gasteiger partial charge in [0, 0.05) is 19.8 Å². The number of Topliss-reactive ketones (excluding diaryl/α,β-unsaturated/α-hetero) is 1. The van der Waals surface area contributed by atoms with Gasteiger partial charge < -0.3 is 9.47 Å². The summed E-state index contributed by atoms with van der Waals surface area (Å²) >= 11 is 0. The van der Waals surface area contributed by atoms with E-state index in [0.29, 0.717) is 5.56 Å². The molecule has 2 unspecified atom stereocenters. The Labute approximate surface area is 121 Å². The number of amides is 1. The number of carbonyl (C=O) groups excluding carboxylic acids is 2. The predicted molar refractivity (Wildman–Crippen MR) is 72.2 cm³/mol. The lowest BCUT2D eigenvalue weighted by atomic mass is 9.89. The third-order valence-corrected chi connectivity index (χ3v) is 3.77. The largest absolute Gasteiger partial charge is 0.345 e. The van der Waals surface area contributed by atoms with Crippen molar-refractivity contribution in [2.75, 3.05) is 14.2 Å². The van der Waals surface area contributed by atoms with Crippen LogP contribution in [0.3, 0.4) is 0 Å². The van der Waals surface area contributed by atoms with Gasteiger partial charge in [0.15, 0.2) is 6.10 Å². The average molecular weight is 289 g/mol. The molecule has 0 spiro atoms. The quantitative estimate of drug-likeness (QED) is 0.612. The van der Waals surface area contributed by atoms with Crippen molar-refractivity contribution < 1.29 is 23.9 Å². The Balaban J connectivity index is 1.98. The van der Waals surface area contributed by atoms with Crippen molar-refractivity contribution in [3.63, 3.8) is 0 Å². The van der Waals surface area contributed by atoms with Crippen LogP contribution in [0.15, 0.2) is 42.5 Å². The molecule has 3 aliphatic rings. The number of rotatable bonds is 3. The molecule has 1 amide bonds. The molecule has 2 bridgehead atoms. The van der Waals surface area contributed by atoms with Crippen molar-refractivity contribution in [1.82, 2.24) is 5.06 Å². The topological polar surface area (TPSA) is 65.1 Å². The van der Waals surface area contributed by atoms with Gasteiger partial charge in [-0.15, -0.1) is 0 Å². The van der Waals surface area contributed by atoms with E-state index in [1.165, 1.54) is 14.2 Å². The van der Waals surface area contributed by atoms with Gasteiger partial charge in [-0.2, -0.15) is 0 Å². The first-order chi connectivity index (χ1) is 10.1. The molecule has 1 aromatic carbocycles. The van der Waals surface area contributed by atoms with Crippen molar-refractivity contribution in [3.8, 4) is 0 Å². The highest BCUT2D eigenvalue weighted by Crippen LogP contribution is 2.36. The van der Waals surface area contributed by atoms with E-state index in [0.717, 1.165) is 5.06 Å². The zero-order chi connectivity index (χ0) is 15.0. The highest BCUT2D eigenvalue weighted by molar-refractivity contribution is 5.99. The van der Waals surface area contributed by atoms with Crippen molar-refractivity contribution in [2.24, 2.45) is 0 Å². The molecule has 1 aliphatic carbocycles. The number of carbonyl (C=O) groups is 2. The molecule has 0 saturated carbocycles. The lowest BCUT2D eigenvalue weighted by Crippen LogP contribution is -2.70. The number of hydrogen-bond acceptors (Lipinski definition) is 5. The Morgan fingerprint density at radius 3 is 2.48 bits per heavy atom. The second-order valence-corrected chi connectivity index (χ2v) is 4.79. The maximum Gasteiger partial charge on any atom is 0.278 e. The summed E-state index contributed by atoms with van der Waals surface area (Å²) in [6.07, 6.45) is 2.42. The maximum atomic E-state index is 12.6. The second kappa shape index (κ2) is 5.07. The summed E-state index contributed by atoms with van der Waals surface area (Å²) in [5.41, 5.74) is 0.465. The minimum Gasteiger partial charge on any atom is -0.345 e. The van der Waals surface area contributed by atoms with E-state index in [1.807, 2.05) is 6.07 Å². The molecule has 1 fully saturated rings. The molecule has 110 valence electrons. The molecule has 1 aromatic rings. The lowest BCUT2D eigenvalue weighted by Gasteiger charge is -2.49. The summed E-state index contributed by atoms with van der Waals surface area (Å²) in [6, 6.07) is 7.93. The smallest absolute Gasteiger partial charge is 0.278 e. The normalized spacial score (nSPS) is 26.2. The minimum atomic E-state index is -1.53. The highest BCUT2D eigenvalue weighted by Gasteiger charge is 2.59. The van der Waals surface area contributed by atoms with Gasteiger partial charge in [-0.3, -0.25) is 14.4 Å². The van der Waals surface area contributed by atoms with Crippen LogP contribution in [0.5, 0.6) is 0 Å². The second-order valence-electron chi connectivity index (χ2n) is 4.79. The fourth-order valence-electron chi connectivity index (χ4n) is 2.68. The fraction of sp³-hybridized carbons (Fsp3) is 0.333. The molecule has 2 aliphatic heterocycles. The standard InChI is InChI=1S/C15H15NO5/c1-19-15(20-2)12-9-8-11(13(15)17)21-16(12)14(18)10-6-4-3-5-7-10/h3-9,11-12H,1-2H3. The number of ether oxygens (including phenoxy) is 2. The molecule has 4 rings (SSSR count). The Bertz CT molecular complexity index is 593. The Kier molecular flexibility index (Phi) is 3.36. The SMILES string of the molecule is COC1(OC)C(=O)C2C=CC1N(C(=O)c1ccccc1)O2. The monoisotopic (exact) mass is 289 g/mol. The van der Waals surface area contributed by atoms with Gasteiger partial charge in [-0.25, -0.2) is 5.06 Å². The predicted octanol–water partition coefficient (Wildman–Crippen LogP) is 0.939. The number of benzene rings is 1. The van der Waals surface area contributed by atoms with Crippen molar-refractivity contribution in [2.45, 2.75) is 17.9 Å². The van der Waals surface area contributed by atoms with Gasteiger partial charge in [-0.1, -0.05) is 24.3 Å². The molecule has 6 heteroatoms. The first-order valence-corrected chi connectivity index (χ1v) is 6.52. The molecule has 21 heavy (non-hydrogen) atoms.